The fourth-order valence-corrected chi connectivity index (χ4v) is 4.22. The Labute approximate surface area is 169 Å². The number of rotatable bonds is 5. The number of benzene rings is 2. The van der Waals surface area contributed by atoms with E-state index < -0.39 is 6.04 Å². The standard InChI is InChI=1S/C23H24FN3O2/c1-4-5-10-27-22(15-8-6-7-9-16(15)24)19-20(25-26-21(19)23(27)29)18-14(3)11-13(2)12-17(18)28/h6-9,11-12,22,28H,4-5,10H2,1-3H3,(H,25,26). The van der Waals surface area contributed by atoms with Gasteiger partial charge in [0.25, 0.3) is 5.91 Å². The summed E-state index contributed by atoms with van der Waals surface area (Å²) >= 11 is 0. The van der Waals surface area contributed by atoms with Gasteiger partial charge in [-0.15, -0.1) is 0 Å². The van der Waals surface area contributed by atoms with Gasteiger partial charge in [-0.3, -0.25) is 9.89 Å². The number of fused-ring (bicyclic) bond motifs is 1. The van der Waals surface area contributed by atoms with E-state index >= 15 is 0 Å². The van der Waals surface area contributed by atoms with Gasteiger partial charge in [0, 0.05) is 23.2 Å². The Morgan fingerprint density at radius 3 is 2.69 bits per heavy atom. The van der Waals surface area contributed by atoms with Crippen LogP contribution in [0.3, 0.4) is 0 Å². The number of nitrogens with one attached hydrogen (secondary N) is 1. The molecule has 29 heavy (non-hydrogen) atoms. The molecule has 1 aromatic heterocycles. The second kappa shape index (κ2) is 7.35. The molecule has 0 bridgehead atoms. The van der Waals surface area contributed by atoms with Crippen LogP contribution in [0.25, 0.3) is 11.3 Å². The van der Waals surface area contributed by atoms with Crippen molar-refractivity contribution in [2.45, 2.75) is 39.7 Å². The molecule has 0 radical (unpaired) electrons. The Bertz CT molecular complexity index is 1070. The van der Waals surface area contributed by atoms with E-state index in [0.29, 0.717) is 34.6 Å². The molecule has 1 atom stereocenters. The monoisotopic (exact) mass is 393 g/mol. The molecule has 3 aromatic rings. The van der Waals surface area contributed by atoms with Crippen molar-refractivity contribution in [2.75, 3.05) is 6.54 Å². The highest BCUT2D eigenvalue weighted by Gasteiger charge is 2.43. The number of aromatic hydroxyl groups is 1. The van der Waals surface area contributed by atoms with Crippen LogP contribution in [0.4, 0.5) is 4.39 Å². The minimum Gasteiger partial charge on any atom is -0.507 e. The lowest BCUT2D eigenvalue weighted by Gasteiger charge is -2.26. The number of carbonyl (C=O) groups is 1. The maximum absolute atomic E-state index is 14.8. The first kappa shape index (κ1) is 19.2. The number of carbonyl (C=O) groups excluding carboxylic acids is 1. The van der Waals surface area contributed by atoms with Crippen molar-refractivity contribution in [1.82, 2.24) is 15.1 Å². The summed E-state index contributed by atoms with van der Waals surface area (Å²) in [6.07, 6.45) is 1.74. The van der Waals surface area contributed by atoms with Crippen molar-refractivity contribution < 1.29 is 14.3 Å². The van der Waals surface area contributed by atoms with Gasteiger partial charge in [0.2, 0.25) is 0 Å². The third-order valence-electron chi connectivity index (χ3n) is 5.51. The number of nitrogens with zero attached hydrogens (tertiary/aromatic N) is 2. The van der Waals surface area contributed by atoms with Gasteiger partial charge in [0.1, 0.15) is 23.0 Å². The molecule has 2 aromatic carbocycles. The summed E-state index contributed by atoms with van der Waals surface area (Å²) < 4.78 is 14.8. The van der Waals surface area contributed by atoms with Crippen molar-refractivity contribution in [3.63, 3.8) is 0 Å². The summed E-state index contributed by atoms with van der Waals surface area (Å²) in [5.41, 5.74) is 4.27. The molecule has 0 aliphatic carbocycles. The normalized spacial score (nSPS) is 15.8. The molecule has 1 aliphatic rings. The van der Waals surface area contributed by atoms with Crippen LogP contribution in [-0.2, 0) is 0 Å². The number of unbranched alkanes of at least 4 members (excludes halogenated alkanes) is 1. The lowest BCUT2D eigenvalue weighted by Crippen LogP contribution is -2.31. The highest BCUT2D eigenvalue weighted by atomic mass is 19.1. The molecule has 0 saturated heterocycles. The van der Waals surface area contributed by atoms with Crippen LogP contribution in [0.2, 0.25) is 0 Å². The lowest BCUT2D eigenvalue weighted by molar-refractivity contribution is 0.0739. The van der Waals surface area contributed by atoms with Crippen molar-refractivity contribution in [2.24, 2.45) is 0 Å². The molecule has 0 saturated carbocycles. The Kier molecular flexibility index (Phi) is 4.86. The first-order valence-electron chi connectivity index (χ1n) is 9.88. The number of hydrogen-bond donors (Lipinski definition) is 2. The van der Waals surface area contributed by atoms with Crippen molar-refractivity contribution >= 4 is 5.91 Å². The van der Waals surface area contributed by atoms with Crippen LogP contribution in [0, 0.1) is 19.7 Å². The zero-order chi connectivity index (χ0) is 20.7. The zero-order valence-corrected chi connectivity index (χ0v) is 16.8. The number of hydrogen-bond acceptors (Lipinski definition) is 3. The fraction of sp³-hybridized carbons (Fsp3) is 0.304. The number of H-pyrrole nitrogens is 1. The molecule has 2 N–H and O–H groups in total. The SMILES string of the molecule is CCCCN1C(=O)c2[nH]nc(-c3c(C)cc(C)cc3O)c2C1c1ccccc1F. The molecule has 0 fully saturated rings. The quantitative estimate of drug-likeness (QED) is 0.649. The molecule has 6 heteroatoms. The number of amides is 1. The van der Waals surface area contributed by atoms with Gasteiger partial charge < -0.3 is 10.0 Å². The molecular weight excluding hydrogens is 369 g/mol. The summed E-state index contributed by atoms with van der Waals surface area (Å²) in [5.74, 6) is -0.454. The van der Waals surface area contributed by atoms with Crippen molar-refractivity contribution in [3.8, 4) is 17.0 Å². The number of phenols is 1. The second-order valence-corrected chi connectivity index (χ2v) is 7.61. The van der Waals surface area contributed by atoms with Gasteiger partial charge in [0.15, 0.2) is 0 Å². The van der Waals surface area contributed by atoms with E-state index in [9.17, 15) is 14.3 Å². The first-order chi connectivity index (χ1) is 13.9. The van der Waals surface area contributed by atoms with Gasteiger partial charge in [0.05, 0.1) is 6.04 Å². The van der Waals surface area contributed by atoms with E-state index in [0.717, 1.165) is 24.0 Å². The molecule has 4 rings (SSSR count). The largest absolute Gasteiger partial charge is 0.507 e. The van der Waals surface area contributed by atoms with E-state index in [1.807, 2.05) is 19.9 Å². The number of halogens is 1. The minimum atomic E-state index is -0.584. The average Bonchev–Trinajstić information content (AvgIpc) is 3.19. The average molecular weight is 393 g/mol. The van der Waals surface area contributed by atoms with Gasteiger partial charge in [-0.05, 0) is 43.5 Å². The Morgan fingerprint density at radius 1 is 1.24 bits per heavy atom. The van der Waals surface area contributed by atoms with Crippen molar-refractivity contribution in [1.29, 1.82) is 0 Å². The molecule has 150 valence electrons. The van der Waals surface area contributed by atoms with Crippen LogP contribution in [-0.4, -0.2) is 32.7 Å². The smallest absolute Gasteiger partial charge is 0.273 e. The molecule has 1 aliphatic heterocycles. The highest BCUT2D eigenvalue weighted by Crippen LogP contribution is 2.46. The fourth-order valence-electron chi connectivity index (χ4n) is 4.22. The Morgan fingerprint density at radius 2 is 2.00 bits per heavy atom. The van der Waals surface area contributed by atoms with E-state index in [-0.39, 0.29) is 17.5 Å². The molecule has 0 spiro atoms. The van der Waals surface area contributed by atoms with Crippen LogP contribution in [0.5, 0.6) is 5.75 Å². The predicted octanol–water partition coefficient (Wildman–Crippen LogP) is 4.88. The molecule has 1 amide bonds. The maximum Gasteiger partial charge on any atom is 0.273 e. The Hall–Kier alpha value is -3.15. The Balaban J connectivity index is 1.94. The van der Waals surface area contributed by atoms with Gasteiger partial charge >= 0.3 is 0 Å². The van der Waals surface area contributed by atoms with E-state index in [2.05, 4.69) is 17.1 Å². The molecule has 5 nitrogen and oxygen atoms in total. The maximum atomic E-state index is 14.8. The highest BCUT2D eigenvalue weighted by molar-refractivity contribution is 6.00. The third-order valence-corrected chi connectivity index (χ3v) is 5.51. The summed E-state index contributed by atoms with van der Waals surface area (Å²) in [6, 6.07) is 9.57. The summed E-state index contributed by atoms with van der Waals surface area (Å²) in [6.45, 7) is 6.38. The van der Waals surface area contributed by atoms with Crippen molar-refractivity contribution in [3.05, 3.63) is 70.2 Å². The topological polar surface area (TPSA) is 69.2 Å². The van der Waals surface area contributed by atoms with Crippen LogP contribution >= 0.6 is 0 Å². The second-order valence-electron chi connectivity index (χ2n) is 7.61. The third kappa shape index (κ3) is 3.09. The first-order valence-corrected chi connectivity index (χ1v) is 9.88. The van der Waals surface area contributed by atoms with Crippen LogP contribution < -0.4 is 0 Å². The number of aryl methyl sites for hydroxylation is 2. The van der Waals surface area contributed by atoms with Gasteiger partial charge in [-0.1, -0.05) is 37.6 Å². The summed E-state index contributed by atoms with van der Waals surface area (Å²) in [5, 5.41) is 17.9. The van der Waals surface area contributed by atoms with Crippen LogP contribution in [0.15, 0.2) is 36.4 Å². The van der Waals surface area contributed by atoms with Crippen LogP contribution in [0.1, 0.15) is 58.5 Å². The predicted molar refractivity (Wildman–Crippen MR) is 109 cm³/mol. The molecule has 1 unspecified atom stereocenters. The number of aromatic nitrogens is 2. The van der Waals surface area contributed by atoms with E-state index in [4.69, 9.17) is 0 Å². The van der Waals surface area contributed by atoms with E-state index in [1.54, 1.807) is 29.2 Å². The number of aromatic amines is 1. The minimum absolute atomic E-state index is 0.101. The lowest BCUT2D eigenvalue weighted by atomic mass is 9.93. The molecule has 2 heterocycles. The van der Waals surface area contributed by atoms with Gasteiger partial charge in [-0.25, -0.2) is 4.39 Å². The summed E-state index contributed by atoms with van der Waals surface area (Å²) in [4.78, 5) is 14.8. The number of phenolic OH excluding ortho intramolecular Hbond substituents is 1. The zero-order valence-electron chi connectivity index (χ0n) is 16.8. The summed E-state index contributed by atoms with van der Waals surface area (Å²) in [7, 11) is 0. The van der Waals surface area contributed by atoms with Gasteiger partial charge in [-0.2, -0.15) is 5.10 Å². The van der Waals surface area contributed by atoms with E-state index in [1.165, 1.54) is 6.07 Å². The molecular formula is C23H24FN3O2.